The molecule has 8 nitrogen and oxygen atoms in total. The maximum atomic E-state index is 13.0. The van der Waals surface area contributed by atoms with Gasteiger partial charge in [-0.25, -0.2) is 19.5 Å². The van der Waals surface area contributed by atoms with Crippen molar-refractivity contribution in [3.63, 3.8) is 0 Å². The molecule has 2 aliphatic heterocycles. The van der Waals surface area contributed by atoms with Gasteiger partial charge in [-0.3, -0.25) is 4.79 Å². The lowest BCUT2D eigenvalue weighted by atomic mass is 9.87. The Morgan fingerprint density at radius 1 is 1.34 bits per heavy atom. The van der Waals surface area contributed by atoms with Crippen LogP contribution in [0.5, 0.6) is 0 Å². The lowest BCUT2D eigenvalue weighted by molar-refractivity contribution is -0.123. The van der Waals surface area contributed by atoms with Crippen molar-refractivity contribution in [1.29, 1.82) is 0 Å². The highest BCUT2D eigenvalue weighted by atomic mass is 32.1. The summed E-state index contributed by atoms with van der Waals surface area (Å²) in [6.07, 6.45) is 6.08. The molecule has 2 fully saturated rings. The van der Waals surface area contributed by atoms with Crippen LogP contribution in [0.1, 0.15) is 24.1 Å². The smallest absolute Gasteiger partial charge is 0.324 e. The predicted octanol–water partition coefficient (Wildman–Crippen LogP) is 2.56. The van der Waals surface area contributed by atoms with Crippen LogP contribution in [0.3, 0.4) is 0 Å². The summed E-state index contributed by atoms with van der Waals surface area (Å²) in [7, 11) is 0. The predicted molar refractivity (Wildman–Crippen MR) is 110 cm³/mol. The third-order valence-electron chi connectivity index (χ3n) is 5.14. The van der Waals surface area contributed by atoms with E-state index in [1.54, 1.807) is 34.5 Å². The normalized spacial score (nSPS) is 17.9. The summed E-state index contributed by atoms with van der Waals surface area (Å²) in [4.78, 5) is 45.0. The Hall–Kier alpha value is -3.38. The van der Waals surface area contributed by atoms with Crippen LogP contribution in [-0.4, -0.2) is 46.5 Å². The molecule has 2 N–H and O–H groups in total. The summed E-state index contributed by atoms with van der Waals surface area (Å²) < 4.78 is 0. The number of anilines is 2. The van der Waals surface area contributed by atoms with E-state index in [2.05, 4.69) is 21.5 Å². The number of piperidine rings is 1. The minimum absolute atomic E-state index is 0.266. The molecule has 1 aromatic carbocycles. The van der Waals surface area contributed by atoms with E-state index >= 15 is 0 Å². The molecule has 9 heteroatoms. The number of aryl methyl sites for hydroxylation is 1. The molecule has 1 aromatic heterocycles. The van der Waals surface area contributed by atoms with Gasteiger partial charge in [0.1, 0.15) is 5.54 Å². The van der Waals surface area contributed by atoms with Gasteiger partial charge >= 0.3 is 12.1 Å². The summed E-state index contributed by atoms with van der Waals surface area (Å²) in [5.41, 5.74) is 1.06. The van der Waals surface area contributed by atoms with Crippen molar-refractivity contribution >= 4 is 40.1 Å². The second-order valence-electron chi connectivity index (χ2n) is 7.07. The maximum absolute atomic E-state index is 13.0. The van der Waals surface area contributed by atoms with Crippen LogP contribution in [0.2, 0.25) is 0 Å². The lowest BCUT2D eigenvalue weighted by Crippen LogP contribution is -2.56. The Kier molecular flexibility index (Phi) is 4.72. The van der Waals surface area contributed by atoms with Crippen molar-refractivity contribution < 1.29 is 14.4 Å². The Morgan fingerprint density at radius 2 is 2.10 bits per heavy atom. The van der Waals surface area contributed by atoms with Crippen LogP contribution >= 0.6 is 11.3 Å². The van der Waals surface area contributed by atoms with E-state index in [-0.39, 0.29) is 11.9 Å². The summed E-state index contributed by atoms with van der Waals surface area (Å²) in [5, 5.41) is 7.81. The quantitative estimate of drug-likeness (QED) is 0.589. The zero-order valence-electron chi connectivity index (χ0n) is 15.8. The fraction of sp³-hybridized carbons (Fsp3) is 0.300. The molecule has 0 saturated carbocycles. The van der Waals surface area contributed by atoms with E-state index in [0.717, 1.165) is 10.6 Å². The van der Waals surface area contributed by atoms with Crippen molar-refractivity contribution in [2.24, 2.45) is 0 Å². The highest BCUT2D eigenvalue weighted by molar-refractivity contribution is 7.14. The van der Waals surface area contributed by atoms with E-state index in [9.17, 15) is 14.4 Å². The van der Waals surface area contributed by atoms with Gasteiger partial charge in [0.15, 0.2) is 0 Å². The van der Waals surface area contributed by atoms with Gasteiger partial charge in [0, 0.05) is 29.7 Å². The molecule has 2 aromatic rings. The second-order valence-corrected chi connectivity index (χ2v) is 7.90. The third-order valence-corrected chi connectivity index (χ3v) is 6.09. The number of hydrogen-bond acceptors (Lipinski definition) is 5. The molecular formula is C20H19N5O3S. The largest absolute Gasteiger partial charge is 0.331 e. The van der Waals surface area contributed by atoms with E-state index in [4.69, 9.17) is 6.42 Å². The Morgan fingerprint density at radius 3 is 2.76 bits per heavy atom. The molecule has 2 saturated heterocycles. The summed E-state index contributed by atoms with van der Waals surface area (Å²) in [6, 6.07) is 6.31. The van der Waals surface area contributed by atoms with Gasteiger partial charge < -0.3 is 15.5 Å². The molecule has 0 unspecified atom stereocenters. The molecular weight excluding hydrogens is 390 g/mol. The van der Waals surface area contributed by atoms with Gasteiger partial charge in [-0.1, -0.05) is 12.0 Å². The average Bonchev–Trinajstić information content (AvgIpc) is 3.23. The van der Waals surface area contributed by atoms with Crippen LogP contribution in [-0.2, 0) is 4.79 Å². The summed E-state index contributed by atoms with van der Waals surface area (Å²) in [6.45, 7) is 2.50. The van der Waals surface area contributed by atoms with Crippen LogP contribution in [0.4, 0.5) is 20.4 Å². The zero-order chi connectivity index (χ0) is 20.6. The number of carbonyl (C=O) groups excluding carboxylic acids is 3. The first-order valence-corrected chi connectivity index (χ1v) is 10.0. The van der Waals surface area contributed by atoms with Crippen LogP contribution in [0, 0.1) is 19.3 Å². The molecule has 5 amide bonds. The molecule has 3 heterocycles. The molecule has 1 spiro atoms. The lowest BCUT2D eigenvalue weighted by Gasteiger charge is -2.37. The minimum Gasteiger partial charge on any atom is -0.324 e. The number of urea groups is 2. The van der Waals surface area contributed by atoms with Crippen LogP contribution in [0.15, 0.2) is 29.6 Å². The highest BCUT2D eigenvalue weighted by Gasteiger charge is 2.54. The number of terminal acetylenes is 1. The van der Waals surface area contributed by atoms with Gasteiger partial charge in [-0.2, -0.15) is 0 Å². The Balaban J connectivity index is 1.42. The number of nitrogens with one attached hydrogen (secondary N) is 2. The van der Waals surface area contributed by atoms with E-state index in [0.29, 0.717) is 42.3 Å². The fourth-order valence-electron chi connectivity index (χ4n) is 3.56. The molecule has 29 heavy (non-hydrogen) atoms. The maximum Gasteiger partial charge on any atom is 0.331 e. The number of aromatic nitrogens is 1. The number of rotatable bonds is 2. The first-order valence-electron chi connectivity index (χ1n) is 9.13. The van der Waals surface area contributed by atoms with Crippen molar-refractivity contribution in [3.05, 3.63) is 40.9 Å². The average molecular weight is 409 g/mol. The van der Waals surface area contributed by atoms with Crippen LogP contribution < -0.4 is 15.5 Å². The number of carbonyl (C=O) groups is 3. The summed E-state index contributed by atoms with van der Waals surface area (Å²) in [5.74, 6) is 2.22. The van der Waals surface area contributed by atoms with Gasteiger partial charge in [0.25, 0.3) is 5.91 Å². The number of benzene rings is 1. The number of hydrogen-bond donors (Lipinski definition) is 2. The third kappa shape index (κ3) is 3.43. The van der Waals surface area contributed by atoms with Crippen molar-refractivity contribution in [3.8, 4) is 12.3 Å². The van der Waals surface area contributed by atoms with E-state index in [1.165, 1.54) is 11.3 Å². The topological polar surface area (TPSA) is 94.6 Å². The molecule has 2 aliphatic rings. The van der Waals surface area contributed by atoms with Crippen LogP contribution in [0.25, 0.3) is 0 Å². The molecule has 0 bridgehead atoms. The van der Waals surface area contributed by atoms with Gasteiger partial charge in [0.2, 0.25) is 5.13 Å². The zero-order valence-corrected chi connectivity index (χ0v) is 16.6. The number of nitrogens with zero attached hydrogens (tertiary/aromatic N) is 3. The van der Waals surface area contributed by atoms with E-state index < -0.39 is 11.6 Å². The molecule has 0 aliphatic carbocycles. The number of thiazole rings is 1. The fourth-order valence-corrected chi connectivity index (χ4v) is 4.35. The first-order chi connectivity index (χ1) is 13.9. The standard InChI is InChI=1S/C20H19N5O3S/c1-3-14-5-4-6-15(11-14)22-17(27)24-9-7-20(8-10-24)16(26)25(18(28)23-20)19-21-13(2)12-29-19/h1,4-6,11-12H,7-10H2,2H3,(H,22,27)(H,23,28). The summed E-state index contributed by atoms with van der Waals surface area (Å²) >= 11 is 1.26. The highest BCUT2D eigenvalue weighted by Crippen LogP contribution is 2.33. The molecule has 0 radical (unpaired) electrons. The minimum atomic E-state index is -0.989. The van der Waals surface area contributed by atoms with Crippen molar-refractivity contribution in [1.82, 2.24) is 15.2 Å². The van der Waals surface area contributed by atoms with Gasteiger partial charge in [-0.05, 0) is 38.0 Å². The van der Waals surface area contributed by atoms with Gasteiger partial charge in [0.05, 0.1) is 5.69 Å². The second kappa shape index (κ2) is 7.22. The first kappa shape index (κ1) is 19.0. The molecule has 0 atom stereocenters. The van der Waals surface area contributed by atoms with Gasteiger partial charge in [-0.15, -0.1) is 17.8 Å². The van der Waals surface area contributed by atoms with Crippen molar-refractivity contribution in [2.45, 2.75) is 25.3 Å². The monoisotopic (exact) mass is 409 g/mol. The molecule has 4 rings (SSSR count). The van der Waals surface area contributed by atoms with E-state index in [1.807, 2.05) is 6.92 Å². The molecule has 148 valence electrons. The number of likely N-dealkylation sites (tertiary alicyclic amines) is 1. The van der Waals surface area contributed by atoms with Crippen molar-refractivity contribution in [2.75, 3.05) is 23.3 Å². The number of imide groups is 1. The Bertz CT molecular complexity index is 1030. The number of amides is 5. The SMILES string of the molecule is C#Cc1cccc(NC(=O)N2CCC3(CC2)NC(=O)N(c2nc(C)cs2)C3=O)c1. The Labute approximate surface area is 171 Å².